The molecule has 0 bridgehead atoms. The van der Waals surface area contributed by atoms with Crippen LogP contribution in [0, 0.1) is 5.92 Å². The van der Waals surface area contributed by atoms with Gasteiger partial charge in [0.15, 0.2) is 0 Å². The van der Waals surface area contributed by atoms with Crippen LogP contribution in [0.5, 0.6) is 0 Å². The van der Waals surface area contributed by atoms with E-state index in [0.29, 0.717) is 12.0 Å². The van der Waals surface area contributed by atoms with Crippen molar-refractivity contribution >= 4 is 0 Å². The predicted molar refractivity (Wildman–Crippen MR) is 57.9 cm³/mol. The molecule has 2 unspecified atom stereocenters. The molecular weight excluding hydrogens is 162 g/mol. The van der Waals surface area contributed by atoms with Gasteiger partial charge in [-0.1, -0.05) is 12.5 Å². The van der Waals surface area contributed by atoms with Crippen molar-refractivity contribution in [2.45, 2.75) is 33.2 Å². The van der Waals surface area contributed by atoms with E-state index in [-0.39, 0.29) is 0 Å². The molecule has 13 heavy (non-hydrogen) atoms. The second-order valence-electron chi connectivity index (χ2n) is 3.87. The Bertz CT molecular complexity index is 145. The van der Waals surface area contributed by atoms with E-state index < -0.39 is 0 Å². The first-order valence-corrected chi connectivity index (χ1v) is 4.94. The molecule has 1 N–H and O–H groups in total. The molecule has 0 aromatic heterocycles. The molecule has 0 rings (SSSR count). The van der Waals surface area contributed by atoms with Crippen molar-refractivity contribution in [3.05, 3.63) is 12.2 Å². The highest BCUT2D eigenvalue weighted by atomic mass is 16.5. The van der Waals surface area contributed by atoms with E-state index in [1.54, 1.807) is 7.11 Å². The van der Waals surface area contributed by atoms with E-state index in [2.05, 4.69) is 32.7 Å². The summed E-state index contributed by atoms with van der Waals surface area (Å²) < 4.78 is 4.97. The van der Waals surface area contributed by atoms with Crippen LogP contribution in [0.15, 0.2) is 12.2 Å². The van der Waals surface area contributed by atoms with Gasteiger partial charge < -0.3 is 10.1 Å². The van der Waals surface area contributed by atoms with Gasteiger partial charge in [0.1, 0.15) is 0 Å². The Morgan fingerprint density at radius 2 is 2.08 bits per heavy atom. The Labute approximate surface area is 82.4 Å². The van der Waals surface area contributed by atoms with E-state index in [1.807, 2.05) is 0 Å². The van der Waals surface area contributed by atoms with Crippen LogP contribution in [0.1, 0.15) is 27.2 Å². The second kappa shape index (κ2) is 7.10. The number of methoxy groups -OCH3 is 1. The molecule has 0 fully saturated rings. The molecule has 2 heteroatoms. The van der Waals surface area contributed by atoms with Gasteiger partial charge in [0, 0.05) is 19.7 Å². The Morgan fingerprint density at radius 1 is 1.46 bits per heavy atom. The molecule has 0 saturated heterocycles. The van der Waals surface area contributed by atoms with Crippen molar-refractivity contribution in [1.82, 2.24) is 5.32 Å². The minimum absolute atomic E-state index is 0.534. The number of hydrogen-bond acceptors (Lipinski definition) is 2. The lowest BCUT2D eigenvalue weighted by Gasteiger charge is -2.21. The van der Waals surface area contributed by atoms with Crippen LogP contribution in [0.3, 0.4) is 0 Å². The van der Waals surface area contributed by atoms with Crippen molar-refractivity contribution in [1.29, 1.82) is 0 Å². The fourth-order valence-corrected chi connectivity index (χ4v) is 1.32. The summed E-state index contributed by atoms with van der Waals surface area (Å²) in [5.41, 5.74) is 1.26. The molecule has 0 amide bonds. The van der Waals surface area contributed by atoms with Crippen LogP contribution in [0.2, 0.25) is 0 Å². The van der Waals surface area contributed by atoms with Crippen LogP contribution >= 0.6 is 0 Å². The van der Waals surface area contributed by atoms with Gasteiger partial charge >= 0.3 is 0 Å². The molecule has 0 aliphatic rings. The summed E-state index contributed by atoms with van der Waals surface area (Å²) in [5.74, 6) is 0.648. The average molecular weight is 185 g/mol. The van der Waals surface area contributed by atoms with Crippen LogP contribution < -0.4 is 5.32 Å². The number of nitrogens with one attached hydrogen (secondary N) is 1. The molecule has 0 aliphatic heterocycles. The normalized spacial score (nSPS) is 15.4. The third kappa shape index (κ3) is 6.79. The van der Waals surface area contributed by atoms with Crippen LogP contribution in [0.4, 0.5) is 0 Å². The van der Waals surface area contributed by atoms with Crippen molar-refractivity contribution in [3.63, 3.8) is 0 Å². The predicted octanol–water partition coefficient (Wildman–Crippen LogP) is 2.21. The van der Waals surface area contributed by atoms with E-state index in [9.17, 15) is 0 Å². The smallest absolute Gasteiger partial charge is 0.0587 e. The maximum absolute atomic E-state index is 4.97. The highest BCUT2D eigenvalue weighted by Crippen LogP contribution is 2.12. The van der Waals surface area contributed by atoms with Crippen LogP contribution in [-0.2, 0) is 4.74 Å². The Hall–Kier alpha value is -0.340. The lowest BCUT2D eigenvalue weighted by atomic mass is 9.96. The van der Waals surface area contributed by atoms with Gasteiger partial charge in [0.05, 0.1) is 6.61 Å². The topological polar surface area (TPSA) is 21.3 Å². The summed E-state index contributed by atoms with van der Waals surface area (Å²) in [6, 6.07) is 0.534. The summed E-state index contributed by atoms with van der Waals surface area (Å²) >= 11 is 0. The molecule has 0 aromatic rings. The first-order valence-electron chi connectivity index (χ1n) is 4.94. The van der Waals surface area contributed by atoms with E-state index in [1.165, 1.54) is 5.57 Å². The minimum Gasteiger partial charge on any atom is -0.383 e. The van der Waals surface area contributed by atoms with Gasteiger partial charge in [-0.2, -0.15) is 0 Å². The van der Waals surface area contributed by atoms with Gasteiger partial charge in [-0.3, -0.25) is 0 Å². The molecule has 0 heterocycles. The molecule has 0 spiro atoms. The maximum Gasteiger partial charge on any atom is 0.0587 e. The quantitative estimate of drug-likeness (QED) is 0.485. The summed E-state index contributed by atoms with van der Waals surface area (Å²) in [6.07, 6.45) is 1.10. The Kier molecular flexibility index (Phi) is 6.92. The third-order valence-electron chi connectivity index (χ3n) is 2.30. The molecule has 2 atom stereocenters. The summed E-state index contributed by atoms with van der Waals surface area (Å²) in [5, 5.41) is 3.42. The monoisotopic (exact) mass is 185 g/mol. The fraction of sp³-hybridized carbons (Fsp3) is 0.818. The largest absolute Gasteiger partial charge is 0.383 e. The maximum atomic E-state index is 4.97. The second-order valence-corrected chi connectivity index (χ2v) is 3.87. The number of allylic oxidation sites excluding steroid dienone is 1. The number of rotatable bonds is 7. The van der Waals surface area contributed by atoms with E-state index in [4.69, 9.17) is 4.74 Å². The van der Waals surface area contributed by atoms with E-state index in [0.717, 1.165) is 19.6 Å². The minimum atomic E-state index is 0.534. The number of ether oxygens (including phenoxy) is 1. The number of hydrogen-bond donors (Lipinski definition) is 1. The first kappa shape index (κ1) is 12.7. The highest BCUT2D eigenvalue weighted by Gasteiger charge is 2.10. The zero-order chi connectivity index (χ0) is 10.3. The molecule has 0 saturated carbocycles. The zero-order valence-electron chi connectivity index (χ0n) is 9.39. The molecule has 2 nitrogen and oxygen atoms in total. The van der Waals surface area contributed by atoms with Gasteiger partial charge in [0.25, 0.3) is 0 Å². The van der Waals surface area contributed by atoms with Crippen molar-refractivity contribution < 1.29 is 4.74 Å². The molecule has 0 aliphatic carbocycles. The first-order chi connectivity index (χ1) is 6.07. The standard InChI is InChI=1S/C11H23NO/c1-9(2)8-10(3)11(4)12-6-7-13-5/h10-12H,1,6-8H2,2-5H3. The zero-order valence-corrected chi connectivity index (χ0v) is 9.39. The van der Waals surface area contributed by atoms with Crippen molar-refractivity contribution in [2.24, 2.45) is 5.92 Å². The molecular formula is C11H23NO. The lowest BCUT2D eigenvalue weighted by Crippen LogP contribution is -2.34. The molecule has 0 aromatic carbocycles. The third-order valence-corrected chi connectivity index (χ3v) is 2.30. The van der Waals surface area contributed by atoms with Crippen LogP contribution in [-0.4, -0.2) is 26.3 Å². The summed E-state index contributed by atoms with van der Waals surface area (Å²) in [7, 11) is 1.73. The fourth-order valence-electron chi connectivity index (χ4n) is 1.32. The van der Waals surface area contributed by atoms with Gasteiger partial charge in [-0.15, -0.1) is 6.58 Å². The molecule has 78 valence electrons. The van der Waals surface area contributed by atoms with Gasteiger partial charge in [-0.25, -0.2) is 0 Å². The Balaban J connectivity index is 3.56. The average Bonchev–Trinajstić information content (AvgIpc) is 2.03. The molecule has 0 radical (unpaired) electrons. The van der Waals surface area contributed by atoms with Gasteiger partial charge in [-0.05, 0) is 26.2 Å². The summed E-state index contributed by atoms with van der Waals surface area (Å²) in [6.45, 7) is 12.2. The van der Waals surface area contributed by atoms with Crippen molar-refractivity contribution in [3.8, 4) is 0 Å². The summed E-state index contributed by atoms with van der Waals surface area (Å²) in [4.78, 5) is 0. The Morgan fingerprint density at radius 3 is 2.54 bits per heavy atom. The SMILES string of the molecule is C=C(C)CC(C)C(C)NCCOC. The van der Waals surface area contributed by atoms with Crippen molar-refractivity contribution in [2.75, 3.05) is 20.3 Å². The highest BCUT2D eigenvalue weighted by molar-refractivity contribution is 4.91. The lowest BCUT2D eigenvalue weighted by molar-refractivity contribution is 0.192. The van der Waals surface area contributed by atoms with E-state index >= 15 is 0 Å². The van der Waals surface area contributed by atoms with Crippen LogP contribution in [0.25, 0.3) is 0 Å². The van der Waals surface area contributed by atoms with Gasteiger partial charge in [0.2, 0.25) is 0 Å².